The lowest BCUT2D eigenvalue weighted by molar-refractivity contribution is -0.151. The minimum Gasteiger partial charge on any atom is -0.468 e. The maximum absolute atomic E-state index is 14.5. The van der Waals surface area contributed by atoms with Crippen LogP contribution in [0.25, 0.3) is 0 Å². The molecule has 2 heterocycles. The fraction of sp³-hybridized carbons (Fsp3) is 0.286. The van der Waals surface area contributed by atoms with Gasteiger partial charge in [0.05, 0.1) is 24.6 Å². The Bertz CT molecular complexity index is 964. The quantitative estimate of drug-likeness (QED) is 0.651. The molecule has 1 N–H and O–H groups in total. The summed E-state index contributed by atoms with van der Waals surface area (Å²) in [6, 6.07) is 13.7. The van der Waals surface area contributed by atoms with E-state index >= 15 is 0 Å². The monoisotopic (exact) mass is 382 g/mol. The van der Waals surface area contributed by atoms with Crippen LogP contribution in [0.5, 0.6) is 0 Å². The van der Waals surface area contributed by atoms with Gasteiger partial charge in [-0.3, -0.25) is 19.7 Å². The zero-order valence-electron chi connectivity index (χ0n) is 15.4. The Morgan fingerprint density at radius 3 is 2.36 bits per heavy atom. The van der Waals surface area contributed by atoms with Gasteiger partial charge in [-0.15, -0.1) is 0 Å². The van der Waals surface area contributed by atoms with Gasteiger partial charge >= 0.3 is 5.97 Å². The second kappa shape index (κ2) is 6.53. The van der Waals surface area contributed by atoms with Gasteiger partial charge < -0.3 is 4.74 Å². The van der Waals surface area contributed by atoms with Crippen LogP contribution in [0.1, 0.15) is 18.5 Å². The van der Waals surface area contributed by atoms with Crippen molar-refractivity contribution in [3.63, 3.8) is 0 Å². The van der Waals surface area contributed by atoms with Gasteiger partial charge in [0, 0.05) is 11.6 Å². The summed E-state index contributed by atoms with van der Waals surface area (Å²) >= 11 is 0. The zero-order valence-corrected chi connectivity index (χ0v) is 15.4. The van der Waals surface area contributed by atoms with Crippen molar-refractivity contribution in [1.29, 1.82) is 0 Å². The first-order valence-electron chi connectivity index (χ1n) is 8.93. The predicted molar refractivity (Wildman–Crippen MR) is 98.6 cm³/mol. The number of para-hydroxylation sites is 1. The Labute approximate surface area is 161 Å². The number of esters is 1. The maximum Gasteiger partial charge on any atom is 0.326 e. The van der Waals surface area contributed by atoms with Gasteiger partial charge in [-0.2, -0.15) is 0 Å². The first kappa shape index (κ1) is 18.3. The molecule has 0 unspecified atom stereocenters. The van der Waals surface area contributed by atoms with Gasteiger partial charge in [0.2, 0.25) is 11.8 Å². The van der Waals surface area contributed by atoms with E-state index in [-0.39, 0.29) is 5.56 Å². The highest BCUT2D eigenvalue weighted by molar-refractivity contribution is 6.24. The van der Waals surface area contributed by atoms with E-state index in [1.807, 2.05) is 0 Å². The summed E-state index contributed by atoms with van der Waals surface area (Å²) in [5.41, 5.74) is -0.796. The van der Waals surface area contributed by atoms with Crippen LogP contribution >= 0.6 is 0 Å². The van der Waals surface area contributed by atoms with Crippen LogP contribution in [0.3, 0.4) is 0 Å². The summed E-state index contributed by atoms with van der Waals surface area (Å²) in [7, 11) is 1.22. The lowest BCUT2D eigenvalue weighted by Gasteiger charge is -2.28. The topological polar surface area (TPSA) is 75.7 Å². The number of imide groups is 1. The van der Waals surface area contributed by atoms with Crippen molar-refractivity contribution in [2.45, 2.75) is 18.5 Å². The molecule has 6 nitrogen and oxygen atoms in total. The summed E-state index contributed by atoms with van der Waals surface area (Å²) < 4.78 is 19.4. The first-order valence-corrected chi connectivity index (χ1v) is 8.93. The van der Waals surface area contributed by atoms with Crippen molar-refractivity contribution in [2.24, 2.45) is 11.8 Å². The number of fused-ring (bicyclic) bond motifs is 1. The van der Waals surface area contributed by atoms with E-state index in [2.05, 4.69) is 5.32 Å². The number of carbonyl (C=O) groups is 3. The van der Waals surface area contributed by atoms with Crippen LogP contribution in [0.4, 0.5) is 10.1 Å². The molecule has 2 aliphatic heterocycles. The smallest absolute Gasteiger partial charge is 0.326 e. The molecule has 7 heteroatoms. The van der Waals surface area contributed by atoms with E-state index in [0.29, 0.717) is 5.69 Å². The molecule has 2 fully saturated rings. The first-order chi connectivity index (χ1) is 13.4. The molecule has 28 heavy (non-hydrogen) atoms. The summed E-state index contributed by atoms with van der Waals surface area (Å²) in [6.07, 6.45) is 0. The molecule has 2 saturated heterocycles. The molecule has 4 rings (SSSR count). The Morgan fingerprint density at radius 1 is 1.07 bits per heavy atom. The Morgan fingerprint density at radius 2 is 1.71 bits per heavy atom. The number of hydrogen-bond acceptors (Lipinski definition) is 5. The standard InChI is InChI=1S/C21H19FN2O4/c1-21(20(27)28-2)16-15(17(23-21)13-10-6-7-11-14(13)22)18(25)24(19(16)26)12-8-4-3-5-9-12/h3-11,15-17,23H,1-2H3/t15-,16+,17+,21+/m0/s1. The summed E-state index contributed by atoms with van der Waals surface area (Å²) in [6.45, 7) is 1.52. The highest BCUT2D eigenvalue weighted by Gasteiger charge is 2.67. The van der Waals surface area contributed by atoms with Crippen LogP contribution < -0.4 is 10.2 Å². The third-order valence-electron chi connectivity index (χ3n) is 5.65. The molecule has 0 spiro atoms. The number of nitrogens with one attached hydrogen (secondary N) is 1. The number of benzene rings is 2. The van der Waals surface area contributed by atoms with Crippen molar-refractivity contribution in [1.82, 2.24) is 5.32 Å². The molecule has 2 aromatic rings. The number of carbonyl (C=O) groups excluding carboxylic acids is 3. The van der Waals surface area contributed by atoms with Crippen molar-refractivity contribution in [3.05, 3.63) is 66.0 Å². The third kappa shape index (κ3) is 2.46. The highest BCUT2D eigenvalue weighted by atomic mass is 19.1. The van der Waals surface area contributed by atoms with Crippen LogP contribution in [-0.2, 0) is 19.1 Å². The lowest BCUT2D eigenvalue weighted by Crippen LogP contribution is -2.54. The van der Waals surface area contributed by atoms with Crippen LogP contribution in [0.15, 0.2) is 54.6 Å². The van der Waals surface area contributed by atoms with Crippen molar-refractivity contribution in [2.75, 3.05) is 12.0 Å². The van der Waals surface area contributed by atoms with E-state index in [9.17, 15) is 18.8 Å². The number of halogens is 1. The van der Waals surface area contributed by atoms with E-state index in [1.165, 1.54) is 20.1 Å². The molecular formula is C21H19FN2O4. The van der Waals surface area contributed by atoms with Crippen molar-refractivity contribution in [3.8, 4) is 0 Å². The number of hydrogen-bond donors (Lipinski definition) is 1. The highest BCUT2D eigenvalue weighted by Crippen LogP contribution is 2.50. The van der Waals surface area contributed by atoms with E-state index < -0.39 is 47.0 Å². The maximum atomic E-state index is 14.5. The Hall–Kier alpha value is -3.06. The molecule has 0 radical (unpaired) electrons. The van der Waals surface area contributed by atoms with Crippen LogP contribution in [0.2, 0.25) is 0 Å². The molecule has 144 valence electrons. The fourth-order valence-electron chi connectivity index (χ4n) is 4.36. The van der Waals surface area contributed by atoms with Crippen LogP contribution in [-0.4, -0.2) is 30.4 Å². The van der Waals surface area contributed by atoms with Gasteiger partial charge in [-0.1, -0.05) is 36.4 Å². The number of ether oxygens (including phenoxy) is 1. The normalized spacial score (nSPS) is 29.1. The number of rotatable bonds is 3. The number of methoxy groups -OCH3 is 1. The summed E-state index contributed by atoms with van der Waals surface area (Å²) in [5, 5.41) is 3.03. The number of nitrogens with zero attached hydrogens (tertiary/aromatic N) is 1. The largest absolute Gasteiger partial charge is 0.468 e. The SMILES string of the molecule is COC(=O)[C@]1(C)N[C@H](c2ccccc2F)[C@H]2C(=O)N(c3ccccc3)C(=O)[C@@H]21. The average Bonchev–Trinajstić information content (AvgIpc) is 3.16. The second-order valence-corrected chi connectivity index (χ2v) is 7.19. The Kier molecular flexibility index (Phi) is 4.27. The van der Waals surface area contributed by atoms with Gasteiger partial charge in [-0.25, -0.2) is 9.29 Å². The minimum absolute atomic E-state index is 0.237. The molecule has 2 aliphatic rings. The molecule has 2 amide bonds. The Balaban J connectivity index is 1.85. The molecule has 0 saturated carbocycles. The van der Waals surface area contributed by atoms with Gasteiger partial charge in [0.25, 0.3) is 0 Å². The molecule has 0 bridgehead atoms. The molecular weight excluding hydrogens is 363 g/mol. The van der Waals surface area contributed by atoms with Crippen molar-refractivity contribution >= 4 is 23.5 Å². The molecule has 2 aromatic carbocycles. The zero-order chi connectivity index (χ0) is 20.1. The minimum atomic E-state index is -1.46. The van der Waals surface area contributed by atoms with Crippen LogP contribution in [0, 0.1) is 17.7 Å². The molecule has 0 aromatic heterocycles. The predicted octanol–water partition coefficient (Wildman–Crippen LogP) is 2.21. The average molecular weight is 382 g/mol. The van der Waals surface area contributed by atoms with Gasteiger partial charge in [0.1, 0.15) is 11.4 Å². The van der Waals surface area contributed by atoms with E-state index in [1.54, 1.807) is 48.5 Å². The summed E-state index contributed by atoms with van der Waals surface area (Å²) in [5.74, 6) is -4.07. The van der Waals surface area contributed by atoms with Gasteiger partial charge in [0.15, 0.2) is 0 Å². The van der Waals surface area contributed by atoms with E-state index in [4.69, 9.17) is 4.74 Å². The second-order valence-electron chi connectivity index (χ2n) is 7.19. The number of amides is 2. The van der Waals surface area contributed by atoms with Gasteiger partial charge in [-0.05, 0) is 25.1 Å². The number of anilines is 1. The molecule has 4 atom stereocenters. The van der Waals surface area contributed by atoms with E-state index in [0.717, 1.165) is 4.90 Å². The summed E-state index contributed by atoms with van der Waals surface area (Å²) in [4.78, 5) is 40.2. The third-order valence-corrected chi connectivity index (χ3v) is 5.65. The fourth-order valence-corrected chi connectivity index (χ4v) is 4.36. The van der Waals surface area contributed by atoms with Crippen molar-refractivity contribution < 1.29 is 23.5 Å². The lowest BCUT2D eigenvalue weighted by atomic mass is 9.80. The molecule has 0 aliphatic carbocycles.